The van der Waals surface area contributed by atoms with Crippen LogP contribution >= 0.6 is 0 Å². The molecule has 1 aromatic rings. The predicted molar refractivity (Wildman–Crippen MR) is 97.5 cm³/mol. The molecule has 0 aromatic heterocycles. The summed E-state index contributed by atoms with van der Waals surface area (Å²) in [6, 6.07) is 9.10. The van der Waals surface area contributed by atoms with E-state index in [1.807, 2.05) is 49.1 Å². The second-order valence-electron chi connectivity index (χ2n) is 7.47. The van der Waals surface area contributed by atoms with Gasteiger partial charge in [0.25, 0.3) is 0 Å². The van der Waals surface area contributed by atoms with Gasteiger partial charge in [0.1, 0.15) is 12.6 Å². The average molecular weight is 360 g/mol. The van der Waals surface area contributed by atoms with Crippen molar-refractivity contribution in [2.45, 2.75) is 57.9 Å². The van der Waals surface area contributed by atoms with Gasteiger partial charge < -0.3 is 19.7 Å². The molecule has 6 nitrogen and oxygen atoms in total. The Morgan fingerprint density at radius 2 is 2.04 bits per heavy atom. The number of nitrogens with one attached hydrogen (secondary N) is 1. The summed E-state index contributed by atoms with van der Waals surface area (Å²) in [6.07, 6.45) is 1.95. The molecule has 6 heteroatoms. The van der Waals surface area contributed by atoms with E-state index in [0.29, 0.717) is 19.6 Å². The first kappa shape index (κ1) is 18.7. The summed E-state index contributed by atoms with van der Waals surface area (Å²) in [5.74, 6) is 0.268. The van der Waals surface area contributed by atoms with E-state index in [2.05, 4.69) is 5.32 Å². The van der Waals surface area contributed by atoms with Crippen molar-refractivity contribution < 1.29 is 19.1 Å². The fourth-order valence-electron chi connectivity index (χ4n) is 3.78. The maximum Gasteiger partial charge on any atom is 0.408 e. The molecule has 0 radical (unpaired) electrons. The first-order valence-electron chi connectivity index (χ1n) is 9.44. The molecule has 0 unspecified atom stereocenters. The van der Waals surface area contributed by atoms with Gasteiger partial charge in [-0.3, -0.25) is 4.79 Å². The molecule has 2 heterocycles. The van der Waals surface area contributed by atoms with E-state index in [-0.39, 0.29) is 30.6 Å². The van der Waals surface area contributed by atoms with Gasteiger partial charge in [-0.15, -0.1) is 0 Å². The summed E-state index contributed by atoms with van der Waals surface area (Å²) in [5.41, 5.74) is 0.917. The molecule has 142 valence electrons. The topological polar surface area (TPSA) is 67.9 Å². The molecule has 3 rings (SSSR count). The summed E-state index contributed by atoms with van der Waals surface area (Å²) < 4.78 is 11.0. The molecule has 0 saturated carbocycles. The van der Waals surface area contributed by atoms with Gasteiger partial charge in [-0.25, -0.2) is 4.79 Å². The van der Waals surface area contributed by atoms with Crippen LogP contribution in [0.15, 0.2) is 30.3 Å². The van der Waals surface area contributed by atoms with Crippen molar-refractivity contribution in [3.8, 4) is 0 Å². The Morgan fingerprint density at radius 3 is 2.77 bits per heavy atom. The van der Waals surface area contributed by atoms with Crippen molar-refractivity contribution in [1.82, 2.24) is 10.2 Å². The number of carbonyl (C=O) groups excluding carboxylic acids is 2. The number of likely N-dealkylation sites (tertiary alicyclic amines) is 1. The molecule has 0 bridgehead atoms. The fraction of sp³-hybridized carbons (Fsp3) is 0.600. The molecule has 26 heavy (non-hydrogen) atoms. The Balaban J connectivity index is 1.58. The minimum Gasteiger partial charge on any atom is -0.445 e. The Hall–Kier alpha value is -2.08. The van der Waals surface area contributed by atoms with Crippen LogP contribution in [-0.4, -0.2) is 48.2 Å². The maximum absolute atomic E-state index is 13.0. The van der Waals surface area contributed by atoms with Crippen LogP contribution < -0.4 is 5.32 Å². The molecule has 3 atom stereocenters. The van der Waals surface area contributed by atoms with Gasteiger partial charge in [-0.2, -0.15) is 0 Å². The average Bonchev–Trinajstić information content (AvgIpc) is 3.23. The van der Waals surface area contributed by atoms with Gasteiger partial charge in [-0.1, -0.05) is 44.2 Å². The molecule has 2 saturated heterocycles. The zero-order valence-corrected chi connectivity index (χ0v) is 15.5. The second kappa shape index (κ2) is 8.54. The highest BCUT2D eigenvalue weighted by Gasteiger charge is 2.43. The molecule has 1 aromatic carbocycles. The van der Waals surface area contributed by atoms with E-state index in [1.165, 1.54) is 0 Å². The summed E-state index contributed by atoms with van der Waals surface area (Å²) >= 11 is 0. The summed E-state index contributed by atoms with van der Waals surface area (Å²) in [4.78, 5) is 27.2. The minimum absolute atomic E-state index is 0.0200. The maximum atomic E-state index is 13.0. The van der Waals surface area contributed by atoms with Gasteiger partial charge in [0, 0.05) is 13.2 Å². The van der Waals surface area contributed by atoms with Crippen LogP contribution in [0.4, 0.5) is 4.79 Å². The fourth-order valence-corrected chi connectivity index (χ4v) is 3.78. The Labute approximate surface area is 154 Å². The molecular formula is C20H28N2O4. The minimum atomic E-state index is -0.558. The number of fused-ring (bicyclic) bond motifs is 1. The smallest absolute Gasteiger partial charge is 0.408 e. The van der Waals surface area contributed by atoms with Gasteiger partial charge in [0.05, 0.1) is 12.1 Å². The van der Waals surface area contributed by atoms with Crippen molar-refractivity contribution in [2.24, 2.45) is 5.92 Å². The van der Waals surface area contributed by atoms with E-state index in [4.69, 9.17) is 9.47 Å². The van der Waals surface area contributed by atoms with E-state index in [9.17, 15) is 9.59 Å². The van der Waals surface area contributed by atoms with Gasteiger partial charge in [-0.05, 0) is 30.7 Å². The Kier molecular flexibility index (Phi) is 6.14. The molecule has 2 aliphatic rings. The third-order valence-corrected chi connectivity index (χ3v) is 5.02. The summed E-state index contributed by atoms with van der Waals surface area (Å²) in [5, 5.41) is 2.78. The lowest BCUT2D eigenvalue weighted by Gasteiger charge is -2.28. The highest BCUT2D eigenvalue weighted by molar-refractivity contribution is 5.86. The number of nitrogens with zero attached hydrogens (tertiary/aromatic N) is 1. The molecule has 0 spiro atoms. The highest BCUT2D eigenvalue weighted by Crippen LogP contribution is 2.30. The summed E-state index contributed by atoms with van der Waals surface area (Å²) in [6.45, 7) is 5.69. The predicted octanol–water partition coefficient (Wildman–Crippen LogP) is 2.72. The largest absolute Gasteiger partial charge is 0.445 e. The second-order valence-corrected chi connectivity index (χ2v) is 7.47. The van der Waals surface area contributed by atoms with E-state index >= 15 is 0 Å². The number of alkyl carbamates (subject to hydrolysis) is 1. The van der Waals surface area contributed by atoms with Gasteiger partial charge in [0.15, 0.2) is 0 Å². The number of carbonyl (C=O) groups is 2. The van der Waals surface area contributed by atoms with E-state index in [1.54, 1.807) is 0 Å². The van der Waals surface area contributed by atoms with Crippen LogP contribution in [0.2, 0.25) is 0 Å². The van der Waals surface area contributed by atoms with E-state index in [0.717, 1.165) is 18.4 Å². The Morgan fingerprint density at radius 1 is 1.27 bits per heavy atom. The van der Waals surface area contributed by atoms with E-state index < -0.39 is 12.1 Å². The number of benzene rings is 1. The molecule has 2 aliphatic heterocycles. The van der Waals surface area contributed by atoms with Crippen molar-refractivity contribution >= 4 is 12.0 Å². The lowest BCUT2D eigenvalue weighted by atomic mass is 10.0. The van der Waals surface area contributed by atoms with Crippen LogP contribution in [0.3, 0.4) is 0 Å². The van der Waals surface area contributed by atoms with Crippen LogP contribution in [-0.2, 0) is 20.9 Å². The number of rotatable bonds is 6. The van der Waals surface area contributed by atoms with Crippen LogP contribution in [0.5, 0.6) is 0 Å². The lowest BCUT2D eigenvalue weighted by molar-refractivity contribution is -0.134. The van der Waals surface area contributed by atoms with Gasteiger partial charge in [0.2, 0.25) is 5.91 Å². The third-order valence-electron chi connectivity index (χ3n) is 5.02. The molecule has 0 aliphatic carbocycles. The SMILES string of the molecule is CC(C)C[C@H](NC(=O)OCc1ccccc1)C(=O)N1CC[C@H]2OCC[C@H]21. The van der Waals surface area contributed by atoms with Crippen molar-refractivity contribution in [3.63, 3.8) is 0 Å². The molecular weight excluding hydrogens is 332 g/mol. The third kappa shape index (κ3) is 4.55. The van der Waals surface area contributed by atoms with Crippen LogP contribution in [0, 0.1) is 5.92 Å². The summed E-state index contributed by atoms with van der Waals surface area (Å²) in [7, 11) is 0. The molecule has 2 fully saturated rings. The van der Waals surface area contributed by atoms with Crippen molar-refractivity contribution in [3.05, 3.63) is 35.9 Å². The molecule has 1 N–H and O–H groups in total. The number of hydrogen-bond donors (Lipinski definition) is 1. The first-order valence-corrected chi connectivity index (χ1v) is 9.44. The number of ether oxygens (including phenoxy) is 2. The zero-order valence-electron chi connectivity index (χ0n) is 15.5. The van der Waals surface area contributed by atoms with Gasteiger partial charge >= 0.3 is 6.09 Å². The van der Waals surface area contributed by atoms with Crippen molar-refractivity contribution in [2.75, 3.05) is 13.2 Å². The monoisotopic (exact) mass is 360 g/mol. The number of amides is 2. The Bertz CT molecular complexity index is 619. The zero-order chi connectivity index (χ0) is 18.5. The normalized spacial score (nSPS) is 23.0. The number of hydrogen-bond acceptors (Lipinski definition) is 4. The quantitative estimate of drug-likeness (QED) is 0.847. The highest BCUT2D eigenvalue weighted by atomic mass is 16.5. The first-order chi connectivity index (χ1) is 12.5. The van der Waals surface area contributed by atoms with Crippen molar-refractivity contribution in [1.29, 1.82) is 0 Å². The lowest BCUT2D eigenvalue weighted by Crippen LogP contribution is -2.51. The van der Waals surface area contributed by atoms with Crippen LogP contribution in [0.1, 0.15) is 38.7 Å². The molecule has 2 amide bonds. The van der Waals surface area contributed by atoms with Crippen LogP contribution in [0.25, 0.3) is 0 Å². The standard InChI is InChI=1S/C20H28N2O4/c1-14(2)12-16(19(23)22-10-8-18-17(22)9-11-25-18)21-20(24)26-13-15-6-4-3-5-7-15/h3-7,14,16-18H,8-13H2,1-2H3,(H,21,24)/t16-,17+,18+/m0/s1.